The van der Waals surface area contributed by atoms with Gasteiger partial charge in [0.2, 0.25) is 6.23 Å². The van der Waals surface area contributed by atoms with Gasteiger partial charge >= 0.3 is 11.9 Å². The minimum absolute atomic E-state index is 0.0736. The molecule has 8 heteroatoms. The first kappa shape index (κ1) is 23.6. The van der Waals surface area contributed by atoms with Crippen molar-refractivity contribution in [2.24, 2.45) is 5.73 Å². The number of methoxy groups -OCH3 is 1. The average molecular weight is 439 g/mol. The monoisotopic (exact) mass is 438 g/mol. The summed E-state index contributed by atoms with van der Waals surface area (Å²) in [7, 11) is 1.34. The Kier molecular flexibility index (Phi) is 7.40. The number of amides is 3. The van der Waals surface area contributed by atoms with E-state index in [0.717, 1.165) is 25.7 Å². The van der Waals surface area contributed by atoms with Gasteiger partial charge in [0.1, 0.15) is 5.84 Å². The molecule has 0 spiro atoms. The predicted molar refractivity (Wildman–Crippen MR) is 122 cm³/mol. The zero-order valence-corrected chi connectivity index (χ0v) is 18.5. The Morgan fingerprint density at radius 3 is 2.47 bits per heavy atom. The van der Waals surface area contributed by atoms with E-state index in [4.69, 9.17) is 15.9 Å². The standard InChI is InChI=1S/C24H30N4O4/c1-3-4-5-8-15-27-24(30)28(31)22(29)19-10-7-6-9-18(19)20(23(28)32-2)16-11-13-17(14-12-16)21(25)26/h6-7,9-14,20,23H,3-5,8,15H2,1-2H3,(H3,25,26)(H,27,30). The van der Waals surface area contributed by atoms with Crippen LogP contribution in [-0.2, 0) is 4.74 Å². The fraction of sp³-hybridized carbons (Fsp3) is 0.375. The van der Waals surface area contributed by atoms with E-state index in [1.54, 1.807) is 48.5 Å². The summed E-state index contributed by atoms with van der Waals surface area (Å²) in [6, 6.07) is 12.7. The Bertz CT molecular complexity index is 992. The van der Waals surface area contributed by atoms with Gasteiger partial charge in [0.15, 0.2) is 0 Å². The number of carbonyl (C=O) groups is 2. The topological polar surface area (TPSA) is 128 Å². The molecular formula is C24H30N4O4. The largest absolute Gasteiger partial charge is 0.614 e. The van der Waals surface area contributed by atoms with Gasteiger partial charge in [-0.15, -0.1) is 0 Å². The van der Waals surface area contributed by atoms with Gasteiger partial charge < -0.3 is 21.0 Å². The van der Waals surface area contributed by atoms with Crippen LogP contribution in [0.3, 0.4) is 0 Å². The second kappa shape index (κ2) is 10.0. The highest BCUT2D eigenvalue weighted by Crippen LogP contribution is 2.42. The lowest BCUT2D eigenvalue weighted by molar-refractivity contribution is -0.778. The average Bonchev–Trinajstić information content (AvgIpc) is 2.81. The van der Waals surface area contributed by atoms with Crippen molar-refractivity contribution in [3.05, 3.63) is 76.0 Å². The van der Waals surface area contributed by atoms with Crippen molar-refractivity contribution in [3.63, 3.8) is 0 Å². The van der Waals surface area contributed by atoms with E-state index in [1.165, 1.54) is 7.11 Å². The van der Waals surface area contributed by atoms with Crippen LogP contribution < -0.4 is 11.1 Å². The molecule has 3 atom stereocenters. The van der Waals surface area contributed by atoms with E-state index in [2.05, 4.69) is 12.2 Å². The molecule has 170 valence electrons. The fourth-order valence-electron chi connectivity index (χ4n) is 4.19. The van der Waals surface area contributed by atoms with Crippen molar-refractivity contribution < 1.29 is 19.0 Å². The van der Waals surface area contributed by atoms with Crippen LogP contribution in [0.1, 0.15) is 65.6 Å². The zero-order chi connectivity index (χ0) is 23.3. The molecule has 0 aliphatic carbocycles. The van der Waals surface area contributed by atoms with E-state index in [9.17, 15) is 14.8 Å². The minimum Gasteiger partial charge on any atom is -0.614 e. The van der Waals surface area contributed by atoms with Gasteiger partial charge in [0.25, 0.3) is 0 Å². The number of ether oxygens (including phenoxy) is 1. The molecule has 1 aliphatic rings. The van der Waals surface area contributed by atoms with Crippen LogP contribution in [0.15, 0.2) is 48.5 Å². The van der Waals surface area contributed by atoms with Gasteiger partial charge in [0, 0.05) is 19.2 Å². The molecule has 0 bridgehead atoms. The molecule has 2 aromatic carbocycles. The number of fused-ring (bicyclic) bond motifs is 1. The lowest BCUT2D eigenvalue weighted by Gasteiger charge is -2.48. The summed E-state index contributed by atoms with van der Waals surface area (Å²) in [5.74, 6) is -1.57. The van der Waals surface area contributed by atoms with Crippen molar-refractivity contribution >= 4 is 17.8 Å². The van der Waals surface area contributed by atoms with Crippen LogP contribution in [-0.4, -0.2) is 42.3 Å². The summed E-state index contributed by atoms with van der Waals surface area (Å²) < 4.78 is 3.79. The quantitative estimate of drug-likeness (QED) is 0.190. The molecule has 4 N–H and O–H groups in total. The minimum atomic E-state index is -1.76. The highest BCUT2D eigenvalue weighted by Gasteiger charge is 2.54. The van der Waals surface area contributed by atoms with Crippen LogP contribution in [0.2, 0.25) is 0 Å². The normalized spacial score (nSPS) is 22.3. The van der Waals surface area contributed by atoms with Crippen LogP contribution in [0.4, 0.5) is 4.79 Å². The third-order valence-electron chi connectivity index (χ3n) is 5.90. The predicted octanol–water partition coefficient (Wildman–Crippen LogP) is 3.83. The van der Waals surface area contributed by atoms with Gasteiger partial charge in [-0.05, 0) is 23.6 Å². The molecule has 1 aliphatic heterocycles. The highest BCUT2D eigenvalue weighted by molar-refractivity contribution is 5.99. The number of nitrogens with two attached hydrogens (primary N) is 1. The van der Waals surface area contributed by atoms with Gasteiger partial charge in [-0.25, -0.2) is 9.59 Å². The third kappa shape index (κ3) is 4.29. The molecule has 32 heavy (non-hydrogen) atoms. The first-order chi connectivity index (χ1) is 15.4. The van der Waals surface area contributed by atoms with E-state index < -0.39 is 28.7 Å². The summed E-state index contributed by atoms with van der Waals surface area (Å²) >= 11 is 0. The fourth-order valence-corrected chi connectivity index (χ4v) is 4.19. The second-order valence-electron chi connectivity index (χ2n) is 7.98. The summed E-state index contributed by atoms with van der Waals surface area (Å²) in [6.07, 6.45) is 2.47. The number of nitrogen functional groups attached to an aromatic ring is 1. The van der Waals surface area contributed by atoms with E-state index >= 15 is 0 Å². The Hall–Kier alpha value is -3.07. The molecule has 3 amide bonds. The maximum absolute atomic E-state index is 14.0. The third-order valence-corrected chi connectivity index (χ3v) is 5.90. The van der Waals surface area contributed by atoms with Gasteiger partial charge in [0.05, 0.1) is 11.5 Å². The molecule has 1 heterocycles. The van der Waals surface area contributed by atoms with Crippen molar-refractivity contribution in [3.8, 4) is 0 Å². The van der Waals surface area contributed by atoms with Crippen LogP contribution in [0.25, 0.3) is 0 Å². The first-order valence-electron chi connectivity index (χ1n) is 10.8. The highest BCUT2D eigenvalue weighted by atomic mass is 16.6. The van der Waals surface area contributed by atoms with Gasteiger partial charge in [-0.1, -0.05) is 68.7 Å². The van der Waals surface area contributed by atoms with Crippen LogP contribution in [0.5, 0.6) is 0 Å². The molecule has 2 aromatic rings. The lowest BCUT2D eigenvalue weighted by Crippen LogP contribution is -2.66. The molecular weight excluding hydrogens is 408 g/mol. The number of benzene rings is 2. The number of carbonyl (C=O) groups excluding carboxylic acids is 2. The Balaban J connectivity index is 2.01. The Labute approximate surface area is 188 Å². The number of unbranched alkanes of at least 4 members (excludes halogenated alkanes) is 3. The van der Waals surface area contributed by atoms with E-state index in [0.29, 0.717) is 23.2 Å². The summed E-state index contributed by atoms with van der Waals surface area (Å²) in [6.45, 7) is 2.41. The summed E-state index contributed by atoms with van der Waals surface area (Å²) in [5, 5.41) is 24.2. The lowest BCUT2D eigenvalue weighted by atomic mass is 9.82. The molecule has 0 saturated carbocycles. The number of hydrogen-bond donors (Lipinski definition) is 3. The van der Waals surface area contributed by atoms with Crippen molar-refractivity contribution in [1.29, 1.82) is 5.41 Å². The molecule has 0 fully saturated rings. The van der Waals surface area contributed by atoms with Gasteiger partial charge in [-0.2, -0.15) is 4.65 Å². The number of imide groups is 1. The zero-order valence-electron chi connectivity index (χ0n) is 18.5. The summed E-state index contributed by atoms with van der Waals surface area (Å²) in [5.41, 5.74) is 7.62. The number of nitrogens with one attached hydrogen (secondary N) is 2. The number of quaternary nitrogens is 1. The van der Waals surface area contributed by atoms with Crippen molar-refractivity contribution in [1.82, 2.24) is 5.32 Å². The molecule has 3 unspecified atom stereocenters. The smallest absolute Gasteiger partial charge is 0.426 e. The second-order valence-corrected chi connectivity index (χ2v) is 7.98. The number of urea groups is 1. The molecule has 0 radical (unpaired) electrons. The number of amidine groups is 1. The van der Waals surface area contributed by atoms with Crippen LogP contribution in [0, 0.1) is 10.6 Å². The van der Waals surface area contributed by atoms with Gasteiger partial charge in [-0.3, -0.25) is 5.41 Å². The first-order valence-corrected chi connectivity index (χ1v) is 10.8. The van der Waals surface area contributed by atoms with Crippen molar-refractivity contribution in [2.75, 3.05) is 13.7 Å². The molecule has 3 rings (SSSR count). The molecule has 0 saturated heterocycles. The maximum atomic E-state index is 14.0. The molecule has 8 nitrogen and oxygen atoms in total. The van der Waals surface area contributed by atoms with E-state index in [1.807, 2.05) is 0 Å². The number of nitrogens with zero attached hydrogens (tertiary/aromatic N) is 1. The SMILES string of the molecule is CCCCCCNC(=O)[N+]1([O-])C(=O)c2ccccc2C(c2ccc(C(=N)N)cc2)C1OC. The Morgan fingerprint density at radius 2 is 1.84 bits per heavy atom. The Morgan fingerprint density at radius 1 is 1.16 bits per heavy atom. The number of rotatable bonds is 8. The molecule has 0 aromatic heterocycles. The summed E-state index contributed by atoms with van der Waals surface area (Å²) in [4.78, 5) is 26.3. The number of hydroxylamine groups is 3. The van der Waals surface area contributed by atoms with Crippen molar-refractivity contribution in [2.45, 2.75) is 44.8 Å². The number of hydrogen-bond acceptors (Lipinski definition) is 5. The maximum Gasteiger partial charge on any atom is 0.426 e. The van der Waals surface area contributed by atoms with Crippen LogP contribution >= 0.6 is 0 Å². The van der Waals surface area contributed by atoms with E-state index in [-0.39, 0.29) is 11.4 Å².